The Morgan fingerprint density at radius 2 is 1.97 bits per heavy atom. The van der Waals surface area contributed by atoms with Gasteiger partial charge in [0.1, 0.15) is 5.69 Å². The van der Waals surface area contributed by atoms with Crippen LogP contribution < -0.4 is 10.6 Å². The molecule has 1 heterocycles. The summed E-state index contributed by atoms with van der Waals surface area (Å²) in [7, 11) is 1.62. The SMILES string of the molecule is C=C(CC)/C(NC(=O)c1cc(Cl)nn1/C(N=CCC)=C(/C)Cl)=C(\CC=NC)C(=O)NC(C)C. The minimum atomic E-state index is -0.538. The predicted molar refractivity (Wildman–Crippen MR) is 137 cm³/mol. The molecule has 8 nitrogen and oxygen atoms in total. The van der Waals surface area contributed by atoms with E-state index in [1.807, 2.05) is 27.7 Å². The number of halogens is 2. The molecule has 1 aromatic heterocycles. The maximum atomic E-state index is 13.3. The van der Waals surface area contributed by atoms with E-state index >= 15 is 0 Å². The van der Waals surface area contributed by atoms with Crippen molar-refractivity contribution in [3.05, 3.63) is 45.4 Å². The summed E-state index contributed by atoms with van der Waals surface area (Å²) >= 11 is 12.3. The number of carbonyl (C=O) groups excluding carboxylic acids is 2. The highest BCUT2D eigenvalue weighted by atomic mass is 35.5. The summed E-state index contributed by atoms with van der Waals surface area (Å²) < 4.78 is 1.28. The van der Waals surface area contributed by atoms with Gasteiger partial charge in [0.05, 0.1) is 10.7 Å². The fourth-order valence-corrected chi connectivity index (χ4v) is 3.02. The van der Waals surface area contributed by atoms with Crippen LogP contribution in [0.4, 0.5) is 0 Å². The Kier molecular flexibility index (Phi) is 11.8. The number of hydrogen-bond donors (Lipinski definition) is 2. The topological polar surface area (TPSA) is 101 Å². The summed E-state index contributed by atoms with van der Waals surface area (Å²) in [6.07, 6.45) is 4.66. The average Bonchev–Trinajstić information content (AvgIpc) is 3.13. The molecule has 0 saturated carbocycles. The van der Waals surface area contributed by atoms with E-state index in [9.17, 15) is 9.59 Å². The van der Waals surface area contributed by atoms with E-state index < -0.39 is 5.91 Å². The van der Waals surface area contributed by atoms with Gasteiger partial charge in [0.25, 0.3) is 5.91 Å². The Bertz CT molecular complexity index is 999. The molecular formula is C23H32Cl2N6O2. The molecule has 1 aromatic rings. The van der Waals surface area contributed by atoms with Gasteiger partial charge >= 0.3 is 0 Å². The molecule has 0 aliphatic rings. The Hall–Kier alpha value is -2.71. The minimum Gasteiger partial charge on any atom is -0.350 e. The molecule has 10 heteroatoms. The van der Waals surface area contributed by atoms with Crippen LogP contribution in [-0.4, -0.2) is 47.1 Å². The number of rotatable bonds is 11. The van der Waals surface area contributed by atoms with Crippen LogP contribution in [0.25, 0.3) is 5.82 Å². The predicted octanol–water partition coefficient (Wildman–Crippen LogP) is 4.97. The molecule has 0 aromatic carbocycles. The molecule has 0 radical (unpaired) electrons. The number of carbonyl (C=O) groups is 2. The van der Waals surface area contributed by atoms with Gasteiger partial charge in [-0.05, 0) is 39.2 Å². The van der Waals surface area contributed by atoms with Crippen molar-refractivity contribution in [1.29, 1.82) is 0 Å². The molecule has 0 atom stereocenters. The fourth-order valence-electron chi connectivity index (χ4n) is 2.71. The zero-order valence-corrected chi connectivity index (χ0v) is 21.5. The van der Waals surface area contributed by atoms with E-state index in [-0.39, 0.29) is 35.0 Å². The summed E-state index contributed by atoms with van der Waals surface area (Å²) in [5.74, 6) is -0.582. The first-order chi connectivity index (χ1) is 15.6. The van der Waals surface area contributed by atoms with Gasteiger partial charge in [0.15, 0.2) is 11.0 Å². The monoisotopic (exact) mass is 494 g/mol. The molecule has 0 unspecified atom stereocenters. The summed E-state index contributed by atoms with van der Waals surface area (Å²) in [6.45, 7) is 13.2. The fraction of sp³-hybridized carbons (Fsp3) is 0.435. The zero-order valence-electron chi connectivity index (χ0n) is 20.0. The second-order valence-corrected chi connectivity index (χ2v) is 8.33. The Labute approximate surface area is 205 Å². The van der Waals surface area contributed by atoms with Crippen molar-refractivity contribution in [3.63, 3.8) is 0 Å². The summed E-state index contributed by atoms with van der Waals surface area (Å²) in [4.78, 5) is 34.6. The van der Waals surface area contributed by atoms with Gasteiger partial charge in [-0.1, -0.05) is 43.6 Å². The molecule has 2 amide bonds. The minimum absolute atomic E-state index is 0.0889. The highest BCUT2D eigenvalue weighted by Gasteiger charge is 2.23. The zero-order chi connectivity index (χ0) is 25.1. The van der Waals surface area contributed by atoms with E-state index in [1.54, 1.807) is 26.4 Å². The largest absolute Gasteiger partial charge is 0.350 e. The number of amides is 2. The van der Waals surface area contributed by atoms with Crippen LogP contribution in [0.3, 0.4) is 0 Å². The quantitative estimate of drug-likeness (QED) is 0.258. The number of aromatic nitrogens is 2. The number of nitrogens with one attached hydrogen (secondary N) is 2. The van der Waals surface area contributed by atoms with Gasteiger partial charge in [-0.2, -0.15) is 5.10 Å². The lowest BCUT2D eigenvalue weighted by molar-refractivity contribution is -0.118. The Morgan fingerprint density at radius 1 is 1.30 bits per heavy atom. The van der Waals surface area contributed by atoms with Crippen molar-refractivity contribution in [3.8, 4) is 0 Å². The third-order valence-corrected chi connectivity index (χ3v) is 4.66. The summed E-state index contributed by atoms with van der Waals surface area (Å²) in [5, 5.41) is 10.3. The van der Waals surface area contributed by atoms with Gasteiger partial charge in [-0.3, -0.25) is 9.59 Å². The van der Waals surface area contributed by atoms with Crippen molar-refractivity contribution in [2.45, 2.75) is 59.9 Å². The highest BCUT2D eigenvalue weighted by molar-refractivity contribution is 6.32. The summed E-state index contributed by atoms with van der Waals surface area (Å²) in [6, 6.07) is 1.32. The van der Waals surface area contributed by atoms with Crippen LogP contribution in [0.2, 0.25) is 5.15 Å². The Balaban J connectivity index is 3.59. The van der Waals surface area contributed by atoms with Crippen molar-refractivity contribution >= 4 is 53.3 Å². The first kappa shape index (κ1) is 28.3. The lowest BCUT2D eigenvalue weighted by atomic mass is 10.0. The first-order valence-electron chi connectivity index (χ1n) is 10.7. The molecule has 1 rings (SSSR count). The molecule has 0 aliphatic heterocycles. The van der Waals surface area contributed by atoms with Crippen LogP contribution in [0.1, 0.15) is 64.4 Å². The van der Waals surface area contributed by atoms with Crippen LogP contribution >= 0.6 is 23.2 Å². The molecule has 0 aliphatic carbocycles. The van der Waals surface area contributed by atoms with Crippen LogP contribution in [0.15, 0.2) is 44.5 Å². The van der Waals surface area contributed by atoms with Crippen LogP contribution in [0.5, 0.6) is 0 Å². The molecule has 0 saturated heterocycles. The van der Waals surface area contributed by atoms with Crippen molar-refractivity contribution in [2.24, 2.45) is 9.98 Å². The lowest BCUT2D eigenvalue weighted by Gasteiger charge is -2.18. The van der Waals surface area contributed by atoms with Crippen LogP contribution in [-0.2, 0) is 4.79 Å². The second-order valence-electron chi connectivity index (χ2n) is 7.38. The lowest BCUT2D eigenvalue weighted by Crippen LogP contribution is -2.35. The Morgan fingerprint density at radius 3 is 2.48 bits per heavy atom. The molecule has 180 valence electrons. The van der Waals surface area contributed by atoms with Crippen molar-refractivity contribution in [1.82, 2.24) is 20.4 Å². The number of nitrogens with zero attached hydrogens (tertiary/aromatic N) is 4. The average molecular weight is 495 g/mol. The molecule has 33 heavy (non-hydrogen) atoms. The van der Waals surface area contributed by atoms with Gasteiger partial charge in [0, 0.05) is 43.6 Å². The van der Waals surface area contributed by atoms with Gasteiger partial charge < -0.3 is 15.6 Å². The van der Waals surface area contributed by atoms with E-state index in [4.69, 9.17) is 23.2 Å². The van der Waals surface area contributed by atoms with E-state index in [0.717, 1.165) is 0 Å². The summed E-state index contributed by atoms with van der Waals surface area (Å²) in [5.41, 5.74) is 1.37. The van der Waals surface area contributed by atoms with E-state index in [2.05, 4.69) is 32.3 Å². The highest BCUT2D eigenvalue weighted by Crippen LogP contribution is 2.23. The maximum absolute atomic E-state index is 13.3. The normalized spacial score (nSPS) is 13.4. The van der Waals surface area contributed by atoms with Crippen molar-refractivity contribution < 1.29 is 9.59 Å². The van der Waals surface area contributed by atoms with Crippen molar-refractivity contribution in [2.75, 3.05) is 7.05 Å². The van der Waals surface area contributed by atoms with Gasteiger partial charge in [-0.25, -0.2) is 9.67 Å². The van der Waals surface area contributed by atoms with Gasteiger partial charge in [0.2, 0.25) is 5.91 Å². The third kappa shape index (κ3) is 8.29. The van der Waals surface area contributed by atoms with E-state index in [0.29, 0.717) is 34.7 Å². The smallest absolute Gasteiger partial charge is 0.274 e. The number of aliphatic imine (C=N–C) groups is 2. The molecular weight excluding hydrogens is 463 g/mol. The molecule has 2 N–H and O–H groups in total. The number of hydrogen-bond acceptors (Lipinski definition) is 5. The third-order valence-electron chi connectivity index (χ3n) is 4.31. The molecule has 0 spiro atoms. The molecule has 0 fully saturated rings. The maximum Gasteiger partial charge on any atom is 0.274 e. The van der Waals surface area contributed by atoms with E-state index in [1.165, 1.54) is 10.7 Å². The standard InChI is InChI=1S/C23H32Cl2N6O2/c1-8-11-27-21(16(6)24)31-18(13-19(25)30-31)23(33)29-20(15(5)9-2)17(10-12-26-7)22(32)28-14(3)4/h11-14H,5,8-10H2,1-4,6-7H3,(H,28,32)(H,29,33)/b20-17-,21-16-,26-12?,27-11?. The van der Waals surface area contributed by atoms with Gasteiger partial charge in [-0.15, -0.1) is 0 Å². The van der Waals surface area contributed by atoms with Crippen LogP contribution in [0, 0.1) is 0 Å². The first-order valence-corrected chi connectivity index (χ1v) is 11.4. The molecule has 0 bridgehead atoms. The second kappa shape index (κ2) is 13.7. The number of allylic oxidation sites excluding steroid dienone is 2.